The topological polar surface area (TPSA) is 24.4 Å². The Bertz CT molecular complexity index is 596. The fourth-order valence-electron chi connectivity index (χ4n) is 1.84. The Morgan fingerprint density at radius 1 is 1.29 bits per heavy atom. The molecular weight excluding hydrogens is 277 g/mol. The van der Waals surface area contributed by atoms with Crippen molar-refractivity contribution < 1.29 is 13.2 Å². The highest BCUT2D eigenvalue weighted by atomic mass is 19.4. The van der Waals surface area contributed by atoms with Crippen LogP contribution in [0.1, 0.15) is 25.0 Å². The molecule has 2 nitrogen and oxygen atoms in total. The number of alkyl halides is 3. The Morgan fingerprint density at radius 2 is 1.90 bits per heavy atom. The third-order valence-electron chi connectivity index (χ3n) is 2.77. The van der Waals surface area contributed by atoms with Gasteiger partial charge in [-0.1, -0.05) is 30.4 Å². The fraction of sp³-hybridized carbons (Fsp3) is 0.312. The maximum absolute atomic E-state index is 13.1. The lowest BCUT2D eigenvalue weighted by molar-refractivity contribution is -0.0864. The molecule has 1 rings (SSSR count). The van der Waals surface area contributed by atoms with Crippen LogP contribution >= 0.6 is 0 Å². The number of aryl methyl sites for hydroxylation is 2. The smallest absolute Gasteiger partial charge is 0.344 e. The third-order valence-corrected chi connectivity index (χ3v) is 2.77. The monoisotopic (exact) mass is 296 g/mol. The molecule has 1 N–H and O–H groups in total. The predicted octanol–water partition coefficient (Wildman–Crippen LogP) is 4.97. The minimum absolute atomic E-state index is 0.246. The zero-order chi connectivity index (χ0) is 16.2. The van der Waals surface area contributed by atoms with Crippen molar-refractivity contribution in [2.45, 2.75) is 33.9 Å². The van der Waals surface area contributed by atoms with Crippen molar-refractivity contribution in [1.29, 1.82) is 0 Å². The Hall–Kier alpha value is -2.04. The summed E-state index contributed by atoms with van der Waals surface area (Å²) in [4.78, 5) is 4.13. The molecule has 114 valence electrons. The van der Waals surface area contributed by atoms with Crippen molar-refractivity contribution in [3.8, 4) is 0 Å². The first-order valence-corrected chi connectivity index (χ1v) is 6.47. The first kappa shape index (κ1) is 17.0. The summed E-state index contributed by atoms with van der Waals surface area (Å²) < 4.78 is 39.2. The summed E-state index contributed by atoms with van der Waals surface area (Å²) in [6.07, 6.45) is -3.48. The predicted molar refractivity (Wildman–Crippen MR) is 80.8 cm³/mol. The molecule has 0 aromatic heterocycles. The van der Waals surface area contributed by atoms with Gasteiger partial charge in [-0.25, -0.2) is 4.99 Å². The maximum Gasteiger partial charge on any atom is 0.419 e. The van der Waals surface area contributed by atoms with Crippen LogP contribution in [0.4, 0.5) is 18.9 Å². The van der Waals surface area contributed by atoms with Crippen molar-refractivity contribution in [3.63, 3.8) is 0 Å². The van der Waals surface area contributed by atoms with E-state index in [0.29, 0.717) is 11.4 Å². The normalized spacial score (nSPS) is 13.3. The van der Waals surface area contributed by atoms with Crippen LogP contribution in [0, 0.1) is 13.8 Å². The Morgan fingerprint density at radius 3 is 2.33 bits per heavy atom. The minimum Gasteiger partial charge on any atom is -0.344 e. The summed E-state index contributed by atoms with van der Waals surface area (Å²) >= 11 is 0. The van der Waals surface area contributed by atoms with Gasteiger partial charge in [0.15, 0.2) is 0 Å². The van der Waals surface area contributed by atoms with Crippen molar-refractivity contribution in [2.75, 3.05) is 0 Å². The molecule has 0 saturated carbocycles. The van der Waals surface area contributed by atoms with E-state index in [-0.39, 0.29) is 5.84 Å². The van der Waals surface area contributed by atoms with E-state index in [4.69, 9.17) is 0 Å². The number of aliphatic imine (C=N–C) groups is 1. The van der Waals surface area contributed by atoms with Gasteiger partial charge in [0.05, 0.1) is 11.3 Å². The number of allylic oxidation sites excluding steroid dienone is 2. The SMILES string of the molecule is C=C(C)NC(=Nc1ccc(C)cc1C)/C(=C\C)C(F)(F)F. The lowest BCUT2D eigenvalue weighted by Crippen LogP contribution is -2.30. The second kappa shape index (κ2) is 6.61. The highest BCUT2D eigenvalue weighted by Gasteiger charge is 2.36. The zero-order valence-electron chi connectivity index (χ0n) is 12.6. The van der Waals surface area contributed by atoms with Crippen molar-refractivity contribution in [1.82, 2.24) is 5.32 Å². The molecule has 0 radical (unpaired) electrons. The van der Waals surface area contributed by atoms with Crippen LogP contribution in [0.2, 0.25) is 0 Å². The van der Waals surface area contributed by atoms with Gasteiger partial charge in [0.25, 0.3) is 0 Å². The fourth-order valence-corrected chi connectivity index (χ4v) is 1.84. The van der Waals surface area contributed by atoms with E-state index >= 15 is 0 Å². The summed E-state index contributed by atoms with van der Waals surface area (Å²) in [5.41, 5.74) is 1.91. The van der Waals surface area contributed by atoms with Crippen molar-refractivity contribution >= 4 is 11.5 Å². The number of nitrogens with zero attached hydrogens (tertiary/aromatic N) is 1. The molecule has 0 atom stereocenters. The highest BCUT2D eigenvalue weighted by molar-refractivity contribution is 6.01. The van der Waals surface area contributed by atoms with Gasteiger partial charge in [0.1, 0.15) is 5.84 Å². The number of nitrogens with one attached hydrogen (secondary N) is 1. The molecule has 5 heteroatoms. The third kappa shape index (κ3) is 4.77. The van der Waals surface area contributed by atoms with Crippen LogP contribution in [0.15, 0.2) is 47.1 Å². The summed E-state index contributed by atoms with van der Waals surface area (Å²) in [7, 11) is 0. The van der Waals surface area contributed by atoms with Gasteiger partial charge < -0.3 is 5.32 Å². The van der Waals surface area contributed by atoms with Crippen molar-refractivity contribution in [3.05, 3.63) is 53.3 Å². The summed E-state index contributed by atoms with van der Waals surface area (Å²) in [5, 5.41) is 2.59. The van der Waals surface area contributed by atoms with Gasteiger partial charge in [-0.05, 0) is 39.3 Å². The Balaban J connectivity index is 3.37. The highest BCUT2D eigenvalue weighted by Crippen LogP contribution is 2.28. The van der Waals surface area contributed by atoms with E-state index in [2.05, 4.69) is 16.9 Å². The molecule has 0 saturated heterocycles. The lowest BCUT2D eigenvalue weighted by Gasteiger charge is -2.16. The van der Waals surface area contributed by atoms with Crippen LogP contribution in [-0.2, 0) is 0 Å². The van der Waals surface area contributed by atoms with E-state index in [1.165, 1.54) is 6.92 Å². The van der Waals surface area contributed by atoms with Gasteiger partial charge in [0, 0.05) is 5.70 Å². The lowest BCUT2D eigenvalue weighted by atomic mass is 10.1. The largest absolute Gasteiger partial charge is 0.419 e. The first-order chi connectivity index (χ1) is 9.65. The van der Waals surface area contributed by atoms with Crippen LogP contribution in [-0.4, -0.2) is 12.0 Å². The molecule has 1 aromatic rings. The Kier molecular flexibility index (Phi) is 5.35. The van der Waals surface area contributed by atoms with E-state index in [9.17, 15) is 13.2 Å². The number of hydrogen-bond donors (Lipinski definition) is 1. The van der Waals surface area contributed by atoms with Crippen LogP contribution < -0.4 is 5.32 Å². The van der Waals surface area contributed by atoms with Gasteiger partial charge >= 0.3 is 6.18 Å². The molecule has 0 amide bonds. The number of hydrogen-bond acceptors (Lipinski definition) is 1. The maximum atomic E-state index is 13.1. The van der Waals surface area contributed by atoms with Gasteiger partial charge in [-0.3, -0.25) is 0 Å². The van der Waals surface area contributed by atoms with Gasteiger partial charge in [-0.2, -0.15) is 13.2 Å². The molecule has 0 aliphatic rings. The van der Waals surface area contributed by atoms with E-state index in [1.54, 1.807) is 13.0 Å². The van der Waals surface area contributed by atoms with Crippen molar-refractivity contribution in [2.24, 2.45) is 4.99 Å². The molecule has 0 aliphatic heterocycles. The summed E-state index contributed by atoms with van der Waals surface area (Å²) in [5.74, 6) is -0.246. The number of amidine groups is 1. The minimum atomic E-state index is -4.48. The number of rotatable bonds is 3. The van der Waals surface area contributed by atoms with E-state index in [0.717, 1.165) is 17.2 Å². The van der Waals surface area contributed by atoms with E-state index in [1.807, 2.05) is 26.0 Å². The molecule has 0 fully saturated rings. The molecular formula is C16H19F3N2. The van der Waals surface area contributed by atoms with Crippen LogP contribution in [0.3, 0.4) is 0 Å². The van der Waals surface area contributed by atoms with Crippen LogP contribution in [0.5, 0.6) is 0 Å². The zero-order valence-corrected chi connectivity index (χ0v) is 12.6. The summed E-state index contributed by atoms with van der Waals surface area (Å²) in [6.45, 7) is 10.2. The summed E-state index contributed by atoms with van der Waals surface area (Å²) in [6, 6.07) is 5.39. The second-order valence-electron chi connectivity index (χ2n) is 4.86. The Labute approximate surface area is 123 Å². The molecule has 1 aromatic carbocycles. The first-order valence-electron chi connectivity index (χ1n) is 6.47. The molecule has 0 unspecified atom stereocenters. The second-order valence-corrected chi connectivity index (χ2v) is 4.86. The molecule has 21 heavy (non-hydrogen) atoms. The quantitative estimate of drug-likeness (QED) is 0.618. The number of benzene rings is 1. The van der Waals surface area contributed by atoms with Gasteiger partial charge in [-0.15, -0.1) is 0 Å². The molecule has 0 aliphatic carbocycles. The molecule has 0 heterocycles. The molecule has 0 spiro atoms. The van der Waals surface area contributed by atoms with E-state index < -0.39 is 11.7 Å². The van der Waals surface area contributed by atoms with Crippen LogP contribution in [0.25, 0.3) is 0 Å². The molecule has 0 bridgehead atoms. The average molecular weight is 296 g/mol. The van der Waals surface area contributed by atoms with Gasteiger partial charge in [0.2, 0.25) is 0 Å². The number of halogens is 3. The standard InChI is InChI=1S/C16H19F3N2/c1-6-13(16(17,18)19)15(20-10(2)3)21-14-8-7-11(4)9-12(14)5/h6-9H,2H2,1,3-5H3,(H,20,21)/b13-6+. The average Bonchev–Trinajstić information content (AvgIpc) is 2.30.